The van der Waals surface area contributed by atoms with Crippen molar-refractivity contribution in [2.24, 2.45) is 0 Å². The van der Waals surface area contributed by atoms with Crippen molar-refractivity contribution < 1.29 is 22.7 Å². The molecule has 1 atom stereocenters. The van der Waals surface area contributed by atoms with Crippen LogP contribution in [-0.4, -0.2) is 76.0 Å². The zero-order valence-electron chi connectivity index (χ0n) is 17.1. The van der Waals surface area contributed by atoms with Gasteiger partial charge in [0.1, 0.15) is 17.6 Å². The fourth-order valence-corrected chi connectivity index (χ4v) is 5.40. The van der Waals surface area contributed by atoms with E-state index in [1.54, 1.807) is 6.07 Å². The lowest BCUT2D eigenvalue weighted by Crippen LogP contribution is -2.47. The largest absolute Gasteiger partial charge is 0.486 e. The summed E-state index contributed by atoms with van der Waals surface area (Å²) >= 11 is 6.20. The lowest BCUT2D eigenvalue weighted by Gasteiger charge is -2.31. The Labute approximate surface area is 186 Å². The zero-order chi connectivity index (χ0) is 22.0. The molecule has 10 heteroatoms. The van der Waals surface area contributed by atoms with E-state index in [2.05, 4.69) is 10.2 Å². The highest BCUT2D eigenvalue weighted by molar-refractivity contribution is 7.89. The lowest BCUT2D eigenvalue weighted by molar-refractivity contribution is 0.0789. The molecule has 2 aliphatic heterocycles. The van der Waals surface area contributed by atoms with Gasteiger partial charge in [-0.05, 0) is 37.4 Å². The predicted octanol–water partition coefficient (Wildman–Crippen LogP) is 1.85. The standard InChI is InChI=1S/C21H24ClN3O5S/c1-24-8-10-25(11-9-24)31(27,28)20-12-15(6-7-17(20)22)21(26)23-13-16-14-29-18-4-2-3-5-19(18)30-16/h2-7,12,16H,8-11,13-14H2,1H3,(H,23,26)/t16-/m1/s1. The highest BCUT2D eigenvalue weighted by atomic mass is 35.5. The summed E-state index contributed by atoms with van der Waals surface area (Å²) in [6.45, 7) is 2.57. The van der Waals surface area contributed by atoms with Crippen LogP contribution in [0.25, 0.3) is 0 Å². The Morgan fingerprint density at radius 2 is 1.84 bits per heavy atom. The number of benzene rings is 2. The van der Waals surface area contributed by atoms with E-state index in [1.165, 1.54) is 22.5 Å². The van der Waals surface area contributed by atoms with Crippen LogP contribution in [-0.2, 0) is 10.0 Å². The number of rotatable bonds is 5. The molecule has 0 unspecified atom stereocenters. The number of likely N-dealkylation sites (N-methyl/N-ethyl adjacent to an activating group) is 1. The normalized spacial score (nSPS) is 19.7. The molecule has 2 heterocycles. The Kier molecular flexibility index (Phi) is 6.38. The monoisotopic (exact) mass is 465 g/mol. The maximum Gasteiger partial charge on any atom is 0.251 e. The van der Waals surface area contributed by atoms with Gasteiger partial charge < -0.3 is 19.7 Å². The number of hydrogen-bond acceptors (Lipinski definition) is 6. The van der Waals surface area contributed by atoms with E-state index in [4.69, 9.17) is 21.1 Å². The Morgan fingerprint density at radius 1 is 1.13 bits per heavy atom. The van der Waals surface area contributed by atoms with Crippen LogP contribution in [0.5, 0.6) is 11.5 Å². The molecule has 1 amide bonds. The minimum atomic E-state index is -3.79. The number of carbonyl (C=O) groups excluding carboxylic acids is 1. The van der Waals surface area contributed by atoms with Gasteiger partial charge in [0, 0.05) is 31.7 Å². The first-order valence-corrected chi connectivity index (χ1v) is 11.8. The summed E-state index contributed by atoms with van der Waals surface area (Å²) in [5.41, 5.74) is 0.217. The van der Waals surface area contributed by atoms with Gasteiger partial charge in [-0.2, -0.15) is 4.31 Å². The number of fused-ring (bicyclic) bond motifs is 1. The average Bonchev–Trinajstić information content (AvgIpc) is 2.77. The summed E-state index contributed by atoms with van der Waals surface area (Å²) in [6.07, 6.45) is -0.348. The van der Waals surface area contributed by atoms with Gasteiger partial charge in [0.2, 0.25) is 10.0 Å². The van der Waals surface area contributed by atoms with Crippen LogP contribution < -0.4 is 14.8 Å². The number of nitrogens with one attached hydrogen (secondary N) is 1. The van der Waals surface area contributed by atoms with E-state index in [0.717, 1.165) is 0 Å². The molecule has 1 N–H and O–H groups in total. The number of carbonyl (C=O) groups is 1. The predicted molar refractivity (Wildman–Crippen MR) is 116 cm³/mol. The molecule has 0 aromatic heterocycles. The van der Waals surface area contributed by atoms with Crippen LogP contribution in [0, 0.1) is 0 Å². The number of nitrogens with zero attached hydrogens (tertiary/aromatic N) is 2. The lowest BCUT2D eigenvalue weighted by atomic mass is 10.2. The maximum absolute atomic E-state index is 13.1. The Morgan fingerprint density at radius 3 is 2.58 bits per heavy atom. The smallest absolute Gasteiger partial charge is 0.251 e. The van der Waals surface area contributed by atoms with Crippen LogP contribution in [0.3, 0.4) is 0 Å². The number of halogens is 1. The van der Waals surface area contributed by atoms with Gasteiger partial charge in [-0.3, -0.25) is 4.79 Å². The van der Waals surface area contributed by atoms with E-state index in [0.29, 0.717) is 44.3 Å². The molecular formula is C21H24ClN3O5S. The number of amides is 1. The SMILES string of the molecule is CN1CCN(S(=O)(=O)c2cc(C(=O)NC[C@@H]3COc4ccccc4O3)ccc2Cl)CC1. The van der Waals surface area contributed by atoms with Crippen molar-refractivity contribution in [2.75, 3.05) is 46.4 Å². The van der Waals surface area contributed by atoms with E-state index < -0.39 is 15.9 Å². The summed E-state index contributed by atoms with van der Waals surface area (Å²) in [6, 6.07) is 11.6. The molecule has 2 aromatic carbocycles. The number of hydrogen-bond donors (Lipinski definition) is 1. The Hall–Kier alpha value is -2.33. The van der Waals surface area contributed by atoms with Crippen molar-refractivity contribution in [2.45, 2.75) is 11.0 Å². The van der Waals surface area contributed by atoms with Crippen LogP contribution in [0.1, 0.15) is 10.4 Å². The second-order valence-electron chi connectivity index (χ2n) is 7.56. The summed E-state index contributed by atoms with van der Waals surface area (Å²) < 4.78 is 39.0. The zero-order valence-corrected chi connectivity index (χ0v) is 18.7. The number of para-hydroxylation sites is 2. The molecule has 0 aliphatic carbocycles. The molecule has 1 saturated heterocycles. The Balaban J connectivity index is 1.43. The summed E-state index contributed by atoms with van der Waals surface area (Å²) in [5.74, 6) is 0.885. The van der Waals surface area contributed by atoms with Crippen LogP contribution in [0.2, 0.25) is 5.02 Å². The van der Waals surface area contributed by atoms with Crippen LogP contribution in [0.4, 0.5) is 0 Å². The molecule has 0 spiro atoms. The minimum Gasteiger partial charge on any atom is -0.486 e. The average molecular weight is 466 g/mol. The molecule has 166 valence electrons. The number of sulfonamides is 1. The fourth-order valence-electron chi connectivity index (χ4n) is 3.48. The quantitative estimate of drug-likeness (QED) is 0.725. The fraction of sp³-hybridized carbons (Fsp3) is 0.381. The highest BCUT2D eigenvalue weighted by Crippen LogP contribution is 2.31. The first-order chi connectivity index (χ1) is 14.8. The summed E-state index contributed by atoms with van der Waals surface area (Å²) in [7, 11) is -1.84. The maximum atomic E-state index is 13.1. The third-order valence-electron chi connectivity index (χ3n) is 5.33. The van der Waals surface area contributed by atoms with Gasteiger partial charge in [0.15, 0.2) is 11.5 Å². The highest BCUT2D eigenvalue weighted by Gasteiger charge is 2.30. The summed E-state index contributed by atoms with van der Waals surface area (Å²) in [4.78, 5) is 14.7. The van der Waals surface area contributed by atoms with Gasteiger partial charge in [-0.1, -0.05) is 23.7 Å². The van der Waals surface area contributed by atoms with Gasteiger partial charge in [-0.15, -0.1) is 0 Å². The van der Waals surface area contributed by atoms with E-state index >= 15 is 0 Å². The molecule has 2 aliphatic rings. The van der Waals surface area contributed by atoms with Crippen LogP contribution in [0.15, 0.2) is 47.4 Å². The van der Waals surface area contributed by atoms with E-state index in [1.807, 2.05) is 25.2 Å². The van der Waals surface area contributed by atoms with Crippen molar-refractivity contribution in [3.63, 3.8) is 0 Å². The van der Waals surface area contributed by atoms with Crippen molar-refractivity contribution in [1.82, 2.24) is 14.5 Å². The molecule has 0 bridgehead atoms. The second-order valence-corrected chi connectivity index (χ2v) is 9.87. The third-order valence-corrected chi connectivity index (χ3v) is 7.71. The van der Waals surface area contributed by atoms with Crippen molar-refractivity contribution in [1.29, 1.82) is 0 Å². The molecular weight excluding hydrogens is 442 g/mol. The van der Waals surface area contributed by atoms with Gasteiger partial charge in [0.25, 0.3) is 5.91 Å². The minimum absolute atomic E-state index is 0.0578. The van der Waals surface area contributed by atoms with Crippen molar-refractivity contribution >= 4 is 27.5 Å². The number of ether oxygens (including phenoxy) is 2. The molecule has 2 aromatic rings. The molecule has 0 saturated carbocycles. The molecule has 31 heavy (non-hydrogen) atoms. The van der Waals surface area contributed by atoms with Gasteiger partial charge in [-0.25, -0.2) is 8.42 Å². The van der Waals surface area contributed by atoms with E-state index in [9.17, 15) is 13.2 Å². The Bertz CT molecular complexity index is 1070. The first-order valence-electron chi connectivity index (χ1n) is 9.99. The molecule has 4 rings (SSSR count). The molecule has 1 fully saturated rings. The third kappa shape index (κ3) is 4.79. The van der Waals surface area contributed by atoms with Crippen molar-refractivity contribution in [3.05, 3.63) is 53.1 Å². The summed E-state index contributed by atoms with van der Waals surface area (Å²) in [5, 5.41) is 2.87. The van der Waals surface area contributed by atoms with Crippen molar-refractivity contribution in [3.8, 4) is 11.5 Å². The van der Waals surface area contributed by atoms with Gasteiger partial charge >= 0.3 is 0 Å². The molecule has 8 nitrogen and oxygen atoms in total. The van der Waals surface area contributed by atoms with Crippen LogP contribution >= 0.6 is 11.6 Å². The molecule has 0 radical (unpaired) electrons. The topological polar surface area (TPSA) is 88.2 Å². The van der Waals surface area contributed by atoms with Gasteiger partial charge in [0.05, 0.1) is 11.6 Å². The number of piperazine rings is 1. The first kappa shape index (κ1) is 21.9. The second kappa shape index (κ2) is 9.04. The van der Waals surface area contributed by atoms with E-state index in [-0.39, 0.29) is 28.1 Å².